The summed E-state index contributed by atoms with van der Waals surface area (Å²) < 4.78 is 12.8. The number of hydrogen-bond donors (Lipinski definition) is 1. The number of aromatic nitrogens is 1. The Hall–Kier alpha value is -2.79. The minimum absolute atomic E-state index is 0.00704. The van der Waals surface area contributed by atoms with E-state index in [9.17, 15) is 4.79 Å². The Bertz CT molecular complexity index is 858. The van der Waals surface area contributed by atoms with Crippen LogP contribution in [0.25, 0.3) is 10.9 Å². The van der Waals surface area contributed by atoms with Gasteiger partial charge in [-0.2, -0.15) is 0 Å². The second-order valence-corrected chi connectivity index (χ2v) is 6.42. The first-order valence-electron chi connectivity index (χ1n) is 9.27. The van der Waals surface area contributed by atoms with Crippen molar-refractivity contribution < 1.29 is 14.3 Å². The fourth-order valence-electron chi connectivity index (χ4n) is 2.99. The van der Waals surface area contributed by atoms with Crippen LogP contribution in [0, 0.1) is 0 Å². The first kappa shape index (κ1) is 19.0. The molecule has 0 fully saturated rings. The maximum atomic E-state index is 12.2. The van der Waals surface area contributed by atoms with Crippen molar-refractivity contribution in [2.45, 2.75) is 19.4 Å². The summed E-state index contributed by atoms with van der Waals surface area (Å²) in [5, 5.41) is 4.02. The second-order valence-electron chi connectivity index (χ2n) is 6.42. The summed E-state index contributed by atoms with van der Waals surface area (Å²) in [5.41, 5.74) is 2.30. The van der Waals surface area contributed by atoms with Gasteiger partial charge in [0.15, 0.2) is 0 Å². The number of fused-ring (bicyclic) bond motifs is 1. The quantitative estimate of drug-likeness (QED) is 0.560. The van der Waals surface area contributed by atoms with E-state index in [2.05, 4.69) is 17.4 Å². The van der Waals surface area contributed by atoms with Gasteiger partial charge in [-0.3, -0.25) is 4.79 Å². The molecule has 2 aromatic carbocycles. The molecule has 0 bridgehead atoms. The Kier molecular flexibility index (Phi) is 6.88. The molecule has 0 spiro atoms. The number of carbonyl (C=O) groups is 1. The largest absolute Gasteiger partial charge is 0.497 e. The van der Waals surface area contributed by atoms with Gasteiger partial charge in [0.1, 0.15) is 12.3 Å². The van der Waals surface area contributed by atoms with Crippen LogP contribution in [0.2, 0.25) is 0 Å². The highest BCUT2D eigenvalue weighted by Crippen LogP contribution is 2.21. The summed E-state index contributed by atoms with van der Waals surface area (Å²) in [4.78, 5) is 12.2. The molecule has 0 atom stereocenters. The molecule has 0 unspecified atom stereocenters. The third-order valence-electron chi connectivity index (χ3n) is 4.46. The molecule has 1 amide bonds. The van der Waals surface area contributed by atoms with Gasteiger partial charge in [0, 0.05) is 30.3 Å². The summed E-state index contributed by atoms with van der Waals surface area (Å²) in [6.07, 6.45) is 3.65. The second kappa shape index (κ2) is 9.78. The SMILES string of the molecule is COc1ccc2c(ccn2CC(=O)NCCCOCCc2ccccc2)c1. The van der Waals surface area contributed by atoms with Crippen LogP contribution in [0.1, 0.15) is 12.0 Å². The minimum Gasteiger partial charge on any atom is -0.497 e. The van der Waals surface area contributed by atoms with Crippen molar-refractivity contribution in [3.8, 4) is 5.75 Å². The minimum atomic E-state index is 0.00704. The molecule has 1 heterocycles. The number of hydrogen-bond acceptors (Lipinski definition) is 3. The zero-order chi connectivity index (χ0) is 18.9. The van der Waals surface area contributed by atoms with Gasteiger partial charge in [-0.25, -0.2) is 0 Å². The number of nitrogens with zero attached hydrogens (tertiary/aromatic N) is 1. The average molecular weight is 366 g/mol. The van der Waals surface area contributed by atoms with Crippen LogP contribution >= 0.6 is 0 Å². The maximum absolute atomic E-state index is 12.2. The number of amides is 1. The highest BCUT2D eigenvalue weighted by atomic mass is 16.5. The third kappa shape index (κ3) is 5.59. The summed E-state index contributed by atoms with van der Waals surface area (Å²) in [6, 6.07) is 18.1. The van der Waals surface area contributed by atoms with Crippen molar-refractivity contribution in [2.75, 3.05) is 26.9 Å². The maximum Gasteiger partial charge on any atom is 0.239 e. The highest BCUT2D eigenvalue weighted by Gasteiger charge is 2.06. The monoisotopic (exact) mass is 366 g/mol. The molecule has 3 aromatic rings. The van der Waals surface area contributed by atoms with Gasteiger partial charge in [0.05, 0.1) is 13.7 Å². The van der Waals surface area contributed by atoms with Crippen LogP contribution in [0.3, 0.4) is 0 Å². The molecule has 1 N–H and O–H groups in total. The molecule has 0 aliphatic carbocycles. The predicted octanol–water partition coefficient (Wildman–Crippen LogP) is 3.42. The van der Waals surface area contributed by atoms with Gasteiger partial charge in [0.2, 0.25) is 5.91 Å². The average Bonchev–Trinajstić information content (AvgIpc) is 3.10. The van der Waals surface area contributed by atoms with Crippen LogP contribution < -0.4 is 10.1 Å². The van der Waals surface area contributed by atoms with Gasteiger partial charge in [-0.1, -0.05) is 30.3 Å². The molecule has 5 nitrogen and oxygen atoms in total. The van der Waals surface area contributed by atoms with Crippen LogP contribution in [-0.4, -0.2) is 37.3 Å². The summed E-state index contributed by atoms with van der Waals surface area (Å²) in [6.45, 7) is 2.29. The zero-order valence-corrected chi connectivity index (χ0v) is 15.7. The predicted molar refractivity (Wildman–Crippen MR) is 107 cm³/mol. The van der Waals surface area contributed by atoms with Crippen molar-refractivity contribution >= 4 is 16.8 Å². The summed E-state index contributed by atoms with van der Waals surface area (Å²) in [5.74, 6) is 0.824. The lowest BCUT2D eigenvalue weighted by Crippen LogP contribution is -2.28. The fourth-order valence-corrected chi connectivity index (χ4v) is 2.99. The fraction of sp³-hybridized carbons (Fsp3) is 0.318. The first-order chi connectivity index (χ1) is 13.3. The molecule has 27 heavy (non-hydrogen) atoms. The number of rotatable bonds is 10. The highest BCUT2D eigenvalue weighted by molar-refractivity contribution is 5.84. The smallest absolute Gasteiger partial charge is 0.239 e. The van der Waals surface area contributed by atoms with E-state index in [0.717, 1.165) is 29.5 Å². The van der Waals surface area contributed by atoms with Crippen LogP contribution in [0.4, 0.5) is 0 Å². The van der Waals surface area contributed by atoms with Crippen molar-refractivity contribution in [1.29, 1.82) is 0 Å². The number of methoxy groups -OCH3 is 1. The third-order valence-corrected chi connectivity index (χ3v) is 4.46. The lowest BCUT2D eigenvalue weighted by atomic mass is 10.2. The molecule has 142 valence electrons. The van der Waals surface area contributed by atoms with Gasteiger partial charge in [-0.05, 0) is 42.7 Å². The molecule has 0 aliphatic rings. The topological polar surface area (TPSA) is 52.5 Å². The van der Waals surface area contributed by atoms with Gasteiger partial charge in [-0.15, -0.1) is 0 Å². The molecular weight excluding hydrogens is 340 g/mol. The Labute approximate surface area is 159 Å². The number of carbonyl (C=O) groups excluding carboxylic acids is 1. The molecule has 5 heteroatoms. The molecule has 0 aliphatic heterocycles. The van der Waals surface area contributed by atoms with E-state index in [0.29, 0.717) is 26.3 Å². The van der Waals surface area contributed by atoms with E-state index in [1.54, 1.807) is 7.11 Å². The number of benzene rings is 2. The van der Waals surface area contributed by atoms with E-state index in [1.165, 1.54) is 5.56 Å². The Balaban J connectivity index is 1.33. The van der Waals surface area contributed by atoms with E-state index >= 15 is 0 Å². The van der Waals surface area contributed by atoms with E-state index in [4.69, 9.17) is 9.47 Å². The Morgan fingerprint density at radius 1 is 1.07 bits per heavy atom. The number of ether oxygens (including phenoxy) is 2. The number of nitrogens with one attached hydrogen (secondary N) is 1. The molecule has 0 saturated carbocycles. The normalized spacial score (nSPS) is 10.9. The van der Waals surface area contributed by atoms with Gasteiger partial charge >= 0.3 is 0 Å². The van der Waals surface area contributed by atoms with Crippen LogP contribution in [0.15, 0.2) is 60.8 Å². The molecule has 0 saturated heterocycles. The summed E-state index contributed by atoms with van der Waals surface area (Å²) >= 11 is 0. The van der Waals surface area contributed by atoms with Crippen LogP contribution in [0.5, 0.6) is 5.75 Å². The Morgan fingerprint density at radius 2 is 1.93 bits per heavy atom. The van der Waals surface area contributed by atoms with Crippen molar-refractivity contribution in [3.63, 3.8) is 0 Å². The molecule has 1 aromatic heterocycles. The molecular formula is C22H26N2O3. The molecule has 3 rings (SSSR count). The van der Waals surface area contributed by atoms with Crippen molar-refractivity contribution in [2.24, 2.45) is 0 Å². The van der Waals surface area contributed by atoms with Gasteiger partial charge < -0.3 is 19.4 Å². The van der Waals surface area contributed by atoms with Crippen molar-refractivity contribution in [3.05, 3.63) is 66.4 Å². The van der Waals surface area contributed by atoms with Crippen molar-refractivity contribution in [1.82, 2.24) is 9.88 Å². The lowest BCUT2D eigenvalue weighted by molar-refractivity contribution is -0.121. The van der Waals surface area contributed by atoms with E-state index in [1.807, 2.05) is 53.2 Å². The first-order valence-corrected chi connectivity index (χ1v) is 9.27. The van der Waals surface area contributed by atoms with Crippen LogP contribution in [-0.2, 0) is 22.5 Å². The summed E-state index contributed by atoms with van der Waals surface area (Å²) in [7, 11) is 1.65. The van der Waals surface area contributed by atoms with E-state index < -0.39 is 0 Å². The zero-order valence-electron chi connectivity index (χ0n) is 15.7. The van der Waals surface area contributed by atoms with Gasteiger partial charge in [0.25, 0.3) is 0 Å². The molecule has 0 radical (unpaired) electrons. The Morgan fingerprint density at radius 3 is 2.74 bits per heavy atom. The lowest BCUT2D eigenvalue weighted by Gasteiger charge is -2.08. The van der Waals surface area contributed by atoms with E-state index in [-0.39, 0.29) is 5.91 Å². The standard InChI is InChI=1S/C22H26N2O3/c1-26-20-8-9-21-19(16-20)10-13-24(21)17-22(25)23-12-5-14-27-15-11-18-6-3-2-4-7-18/h2-4,6-10,13,16H,5,11-12,14-15,17H2,1H3,(H,23,25).